The Labute approximate surface area is 186 Å². The maximum atomic E-state index is 14.1. The molecule has 0 aliphatic rings. The van der Waals surface area contributed by atoms with Crippen molar-refractivity contribution in [1.29, 1.82) is 0 Å². The minimum absolute atomic E-state index is 0.0221. The van der Waals surface area contributed by atoms with Crippen LogP contribution in [0.15, 0.2) is 67.3 Å². The van der Waals surface area contributed by atoms with Crippen molar-refractivity contribution >= 4 is 44.4 Å². The Morgan fingerprint density at radius 2 is 2.06 bits per heavy atom. The van der Waals surface area contributed by atoms with Crippen LogP contribution in [0.25, 0.3) is 16.3 Å². The van der Waals surface area contributed by atoms with Gasteiger partial charge in [0.1, 0.15) is 11.3 Å². The summed E-state index contributed by atoms with van der Waals surface area (Å²) in [7, 11) is 0. The number of hydrogen-bond acceptors (Lipinski definition) is 6. The highest BCUT2D eigenvalue weighted by atomic mass is 32.1. The summed E-state index contributed by atoms with van der Waals surface area (Å²) in [6.07, 6.45) is 8.85. The lowest BCUT2D eigenvalue weighted by Crippen LogP contribution is -2.30. The summed E-state index contributed by atoms with van der Waals surface area (Å²) >= 11 is 1.25. The van der Waals surface area contributed by atoms with E-state index in [-0.39, 0.29) is 17.1 Å². The highest BCUT2D eigenvalue weighted by Gasteiger charge is 2.19. The molecule has 1 amide bonds. The number of aryl methyl sites for hydroxylation is 1. The van der Waals surface area contributed by atoms with Gasteiger partial charge in [0.15, 0.2) is 5.13 Å². The van der Waals surface area contributed by atoms with Crippen LogP contribution in [0.1, 0.15) is 12.0 Å². The van der Waals surface area contributed by atoms with Crippen LogP contribution in [0.4, 0.5) is 15.2 Å². The van der Waals surface area contributed by atoms with Gasteiger partial charge in [0.2, 0.25) is 0 Å². The van der Waals surface area contributed by atoms with E-state index in [0.29, 0.717) is 34.9 Å². The van der Waals surface area contributed by atoms with Crippen LogP contribution < -0.4 is 4.90 Å². The summed E-state index contributed by atoms with van der Waals surface area (Å²) in [5.74, 6) is -0.745. The molecule has 162 valence electrons. The molecular weight excluding hydrogens is 433 g/mol. The molecule has 32 heavy (non-hydrogen) atoms. The van der Waals surface area contributed by atoms with Crippen LogP contribution in [-0.2, 0) is 11.3 Å². The number of carbonyl (C=O) groups excluding carboxylic acids is 1. The molecule has 0 aliphatic heterocycles. The first-order valence-electron chi connectivity index (χ1n) is 9.76. The Hall–Kier alpha value is -3.92. The standard InChI is InChI=1S/C22H18FN5O3S/c23-18-3-1-4-19-21(18)25-22(32-19)27(13-2-12-26-14-11-24-15-26)20(29)10-7-16-5-8-17(9-6-16)28(30)31/h1,3-11,14-15H,2,12-13H2/b10-7+. The molecule has 10 heteroatoms. The molecule has 0 fully saturated rings. The monoisotopic (exact) mass is 451 g/mol. The van der Waals surface area contributed by atoms with Crippen LogP contribution in [0, 0.1) is 15.9 Å². The number of amides is 1. The fourth-order valence-electron chi connectivity index (χ4n) is 3.11. The highest BCUT2D eigenvalue weighted by Crippen LogP contribution is 2.30. The van der Waals surface area contributed by atoms with E-state index in [1.165, 1.54) is 40.5 Å². The summed E-state index contributed by atoms with van der Waals surface area (Å²) in [6, 6.07) is 10.6. The van der Waals surface area contributed by atoms with Gasteiger partial charge in [0.25, 0.3) is 11.6 Å². The number of anilines is 1. The number of para-hydroxylation sites is 1. The number of nitro groups is 1. The Morgan fingerprint density at radius 3 is 2.75 bits per heavy atom. The van der Waals surface area contributed by atoms with Crippen molar-refractivity contribution in [3.63, 3.8) is 0 Å². The van der Waals surface area contributed by atoms with Gasteiger partial charge in [-0.25, -0.2) is 14.4 Å². The number of thiazole rings is 1. The van der Waals surface area contributed by atoms with Crippen LogP contribution >= 0.6 is 11.3 Å². The smallest absolute Gasteiger partial charge is 0.269 e. The van der Waals surface area contributed by atoms with Gasteiger partial charge in [0.05, 0.1) is 16.0 Å². The van der Waals surface area contributed by atoms with Gasteiger partial charge in [-0.05, 0) is 42.3 Å². The SMILES string of the molecule is O=C(/C=C/c1ccc([N+](=O)[O-])cc1)N(CCCn1ccnc1)c1nc2c(F)cccc2s1. The first-order chi connectivity index (χ1) is 15.5. The Balaban J connectivity index is 1.55. The molecule has 0 saturated carbocycles. The molecule has 0 atom stereocenters. The molecule has 8 nitrogen and oxygen atoms in total. The predicted octanol–water partition coefficient (Wildman–Crippen LogP) is 4.68. The topological polar surface area (TPSA) is 94.2 Å². The average molecular weight is 451 g/mol. The second kappa shape index (κ2) is 9.48. The van der Waals surface area contributed by atoms with Crippen molar-refractivity contribution in [2.45, 2.75) is 13.0 Å². The molecule has 2 aromatic carbocycles. The van der Waals surface area contributed by atoms with Gasteiger partial charge in [0, 0.05) is 43.7 Å². The van der Waals surface area contributed by atoms with E-state index < -0.39 is 10.7 Å². The van der Waals surface area contributed by atoms with E-state index in [1.54, 1.807) is 42.9 Å². The minimum Gasteiger partial charge on any atom is -0.337 e. The third-order valence-corrected chi connectivity index (χ3v) is 5.78. The number of hydrogen-bond donors (Lipinski definition) is 0. The van der Waals surface area contributed by atoms with Crippen molar-refractivity contribution in [2.24, 2.45) is 0 Å². The van der Waals surface area contributed by atoms with Crippen molar-refractivity contribution < 1.29 is 14.1 Å². The average Bonchev–Trinajstić information content (AvgIpc) is 3.46. The van der Waals surface area contributed by atoms with E-state index in [4.69, 9.17) is 0 Å². The fourth-order valence-corrected chi connectivity index (χ4v) is 4.13. The molecule has 0 bridgehead atoms. The van der Waals surface area contributed by atoms with E-state index in [1.807, 2.05) is 10.8 Å². The van der Waals surface area contributed by atoms with Gasteiger partial charge >= 0.3 is 0 Å². The van der Waals surface area contributed by atoms with Crippen LogP contribution in [0.5, 0.6) is 0 Å². The number of rotatable bonds is 8. The van der Waals surface area contributed by atoms with Gasteiger partial charge in [-0.15, -0.1) is 0 Å². The largest absolute Gasteiger partial charge is 0.337 e. The second-order valence-electron chi connectivity index (χ2n) is 6.91. The Bertz CT molecular complexity index is 1270. The van der Waals surface area contributed by atoms with Crippen LogP contribution in [0.2, 0.25) is 0 Å². The van der Waals surface area contributed by atoms with Crippen LogP contribution in [-0.4, -0.2) is 31.9 Å². The summed E-state index contributed by atoms with van der Waals surface area (Å²) in [6.45, 7) is 1.04. The predicted molar refractivity (Wildman–Crippen MR) is 121 cm³/mol. The van der Waals surface area contributed by atoms with Crippen molar-refractivity contribution in [2.75, 3.05) is 11.4 Å². The molecule has 0 N–H and O–H groups in total. The first-order valence-corrected chi connectivity index (χ1v) is 10.6. The number of fused-ring (bicyclic) bond motifs is 1. The lowest BCUT2D eigenvalue weighted by Gasteiger charge is -2.18. The number of carbonyl (C=O) groups is 1. The summed E-state index contributed by atoms with van der Waals surface area (Å²) in [4.78, 5) is 33.2. The molecule has 0 spiro atoms. The lowest BCUT2D eigenvalue weighted by atomic mass is 10.2. The number of nitrogens with zero attached hydrogens (tertiary/aromatic N) is 5. The zero-order valence-corrected chi connectivity index (χ0v) is 17.6. The number of non-ortho nitro benzene ring substituents is 1. The van der Waals surface area contributed by atoms with Crippen molar-refractivity contribution in [1.82, 2.24) is 14.5 Å². The van der Waals surface area contributed by atoms with E-state index in [2.05, 4.69) is 9.97 Å². The van der Waals surface area contributed by atoms with Crippen molar-refractivity contribution in [3.8, 4) is 0 Å². The Kier molecular flexibility index (Phi) is 6.31. The van der Waals surface area contributed by atoms with Gasteiger partial charge < -0.3 is 4.57 Å². The summed E-state index contributed by atoms with van der Waals surface area (Å²) in [5, 5.41) is 11.2. The van der Waals surface area contributed by atoms with E-state index >= 15 is 0 Å². The fraction of sp³-hybridized carbons (Fsp3) is 0.136. The number of aromatic nitrogens is 3. The molecule has 0 unspecified atom stereocenters. The molecule has 2 heterocycles. The van der Waals surface area contributed by atoms with Crippen LogP contribution in [0.3, 0.4) is 0 Å². The second-order valence-corrected chi connectivity index (χ2v) is 7.92. The quantitative estimate of drug-likeness (QED) is 0.220. The molecule has 0 saturated heterocycles. The van der Waals surface area contributed by atoms with Crippen molar-refractivity contribution in [3.05, 3.63) is 88.8 Å². The van der Waals surface area contributed by atoms with Gasteiger partial charge in [-0.1, -0.05) is 17.4 Å². The summed E-state index contributed by atoms with van der Waals surface area (Å²) < 4.78 is 16.7. The van der Waals surface area contributed by atoms with Gasteiger partial charge in [-0.3, -0.25) is 19.8 Å². The molecule has 0 radical (unpaired) electrons. The molecule has 4 rings (SSSR count). The minimum atomic E-state index is -0.479. The van der Waals surface area contributed by atoms with E-state index in [0.717, 1.165) is 0 Å². The maximum Gasteiger partial charge on any atom is 0.269 e. The third kappa shape index (κ3) is 4.86. The highest BCUT2D eigenvalue weighted by molar-refractivity contribution is 7.22. The van der Waals surface area contributed by atoms with Gasteiger partial charge in [-0.2, -0.15) is 0 Å². The number of imidazole rings is 1. The molecule has 2 aromatic heterocycles. The number of nitro benzene ring substituents is 1. The third-order valence-electron chi connectivity index (χ3n) is 4.73. The maximum absolute atomic E-state index is 14.1. The Morgan fingerprint density at radius 1 is 1.25 bits per heavy atom. The zero-order valence-electron chi connectivity index (χ0n) is 16.8. The molecule has 0 aliphatic carbocycles. The number of benzene rings is 2. The normalized spacial score (nSPS) is 11.3. The lowest BCUT2D eigenvalue weighted by molar-refractivity contribution is -0.384. The summed E-state index contributed by atoms with van der Waals surface area (Å²) in [5.41, 5.74) is 0.864. The zero-order chi connectivity index (χ0) is 22.5. The molecular formula is C22H18FN5O3S. The number of halogens is 1. The molecule has 4 aromatic rings. The van der Waals surface area contributed by atoms with E-state index in [9.17, 15) is 19.3 Å². The first kappa shape index (κ1) is 21.3.